The highest BCUT2D eigenvalue weighted by Gasteiger charge is 2.38. The summed E-state index contributed by atoms with van der Waals surface area (Å²) in [5, 5.41) is 18.7. The highest BCUT2D eigenvalue weighted by molar-refractivity contribution is 9.10. The van der Waals surface area contributed by atoms with Crippen molar-refractivity contribution in [3.63, 3.8) is 0 Å². The van der Waals surface area contributed by atoms with E-state index in [2.05, 4.69) is 26.6 Å². The minimum Gasteiger partial charge on any atom is -0.496 e. The number of para-hydroxylation sites is 2. The fourth-order valence-corrected chi connectivity index (χ4v) is 5.59. The monoisotopic (exact) mass is 659 g/mol. The number of non-ortho nitro benzene ring substituents is 1. The van der Waals surface area contributed by atoms with Crippen LogP contribution in [0.3, 0.4) is 0 Å². The van der Waals surface area contributed by atoms with Gasteiger partial charge in [0.25, 0.3) is 17.5 Å². The molecule has 0 aromatic heterocycles. The average molecular weight is 661 g/mol. The van der Waals surface area contributed by atoms with Gasteiger partial charge in [0.05, 0.1) is 42.5 Å². The van der Waals surface area contributed by atoms with Gasteiger partial charge < -0.3 is 25.2 Å². The number of amides is 3. The lowest BCUT2D eigenvalue weighted by Gasteiger charge is -2.27. The van der Waals surface area contributed by atoms with Gasteiger partial charge in [0.2, 0.25) is 5.91 Å². The van der Waals surface area contributed by atoms with Crippen molar-refractivity contribution in [2.75, 3.05) is 30.5 Å². The van der Waals surface area contributed by atoms with Gasteiger partial charge in [-0.05, 0) is 67.2 Å². The lowest BCUT2D eigenvalue weighted by Crippen LogP contribution is -2.55. The number of methoxy groups -OCH3 is 1. The molecule has 11 nitrogen and oxygen atoms in total. The third kappa shape index (κ3) is 5.99. The van der Waals surface area contributed by atoms with Crippen LogP contribution in [0.15, 0.2) is 83.3 Å². The number of nitro groups is 1. The molecular formula is C32H30BrN5O6. The zero-order chi connectivity index (χ0) is 31.5. The van der Waals surface area contributed by atoms with Crippen molar-refractivity contribution < 1.29 is 24.0 Å². The zero-order valence-electron chi connectivity index (χ0n) is 24.2. The maximum atomic E-state index is 14.4. The smallest absolute Gasteiger partial charge is 0.269 e. The van der Waals surface area contributed by atoms with Crippen LogP contribution in [0.1, 0.15) is 22.8 Å². The molecule has 0 fully saturated rings. The van der Waals surface area contributed by atoms with Crippen molar-refractivity contribution in [2.24, 2.45) is 0 Å². The summed E-state index contributed by atoms with van der Waals surface area (Å²) in [6.45, 7) is 1.59. The van der Waals surface area contributed by atoms with Crippen molar-refractivity contribution in [3.05, 3.63) is 105 Å². The molecule has 3 amide bonds. The molecule has 0 saturated carbocycles. The Kier molecular flexibility index (Phi) is 8.93. The summed E-state index contributed by atoms with van der Waals surface area (Å²) < 4.78 is 6.62. The van der Waals surface area contributed by atoms with E-state index < -0.39 is 34.7 Å². The molecule has 2 unspecified atom stereocenters. The molecule has 4 aromatic carbocycles. The average Bonchev–Trinajstić information content (AvgIpc) is 3.14. The molecule has 2 atom stereocenters. The predicted molar refractivity (Wildman–Crippen MR) is 171 cm³/mol. The molecular weight excluding hydrogens is 630 g/mol. The number of benzene rings is 4. The Morgan fingerprint density at radius 2 is 1.77 bits per heavy atom. The van der Waals surface area contributed by atoms with Crippen molar-refractivity contribution in [2.45, 2.75) is 25.6 Å². The first-order chi connectivity index (χ1) is 21.1. The Balaban J connectivity index is 1.64. The summed E-state index contributed by atoms with van der Waals surface area (Å²) in [5.41, 5.74) is 1.71. The van der Waals surface area contributed by atoms with Gasteiger partial charge in [-0.2, -0.15) is 0 Å². The quantitative estimate of drug-likeness (QED) is 0.205. The SMILES string of the molecule is CNC(C)C(=O)NC1CN(C(=O)c2ccc([N+](=O)[O-])cc2)c2ccccc2N(Cc2c(OC)ccc3cc(Br)ccc23)C1=O. The number of carbonyl (C=O) groups is 3. The number of hydrogen-bond acceptors (Lipinski definition) is 7. The van der Waals surface area contributed by atoms with E-state index in [9.17, 15) is 24.5 Å². The number of rotatable bonds is 8. The molecule has 0 bridgehead atoms. The number of ether oxygens (including phenoxy) is 1. The standard InChI is InChI=1S/C32H30BrN5O6/c1-19(34-2)30(39)35-26-18-37(31(40)20-8-12-23(13-9-20)38(42)43)28-7-5-4-6-27(28)36(32(26)41)17-25-24-14-11-22(33)16-21(24)10-15-29(25)44-3/h4-16,19,26,34H,17-18H2,1-3H3,(H,35,39). The second-order valence-electron chi connectivity index (χ2n) is 10.3. The van der Waals surface area contributed by atoms with Gasteiger partial charge in [-0.1, -0.05) is 40.2 Å². The maximum absolute atomic E-state index is 14.4. The van der Waals surface area contributed by atoms with Gasteiger partial charge in [0.1, 0.15) is 11.8 Å². The van der Waals surface area contributed by atoms with Crippen molar-refractivity contribution >= 4 is 61.5 Å². The predicted octanol–water partition coefficient (Wildman–Crippen LogP) is 4.81. The number of anilines is 2. The van der Waals surface area contributed by atoms with Crippen LogP contribution in [-0.4, -0.2) is 55.4 Å². The van der Waals surface area contributed by atoms with E-state index in [-0.39, 0.29) is 24.3 Å². The number of nitrogens with one attached hydrogen (secondary N) is 2. The fourth-order valence-electron chi connectivity index (χ4n) is 5.22. The van der Waals surface area contributed by atoms with Crippen LogP contribution >= 0.6 is 15.9 Å². The lowest BCUT2D eigenvalue weighted by molar-refractivity contribution is -0.384. The number of nitrogens with zero attached hydrogens (tertiary/aromatic N) is 3. The molecule has 1 aliphatic heterocycles. The van der Waals surface area contributed by atoms with Crippen LogP contribution in [0.2, 0.25) is 0 Å². The van der Waals surface area contributed by atoms with E-state index >= 15 is 0 Å². The van der Waals surface area contributed by atoms with Crippen molar-refractivity contribution in [1.82, 2.24) is 10.6 Å². The molecule has 0 aliphatic carbocycles. The number of nitro benzene ring substituents is 1. The summed E-state index contributed by atoms with van der Waals surface area (Å²) >= 11 is 3.52. The Morgan fingerprint density at radius 3 is 2.43 bits per heavy atom. The number of halogens is 1. The first kappa shape index (κ1) is 30.6. The molecule has 1 aliphatic rings. The van der Waals surface area contributed by atoms with E-state index in [1.54, 1.807) is 50.2 Å². The van der Waals surface area contributed by atoms with Crippen LogP contribution in [0.5, 0.6) is 5.75 Å². The van der Waals surface area contributed by atoms with E-state index in [1.165, 1.54) is 29.2 Å². The Bertz CT molecular complexity index is 1760. The van der Waals surface area contributed by atoms with Gasteiger partial charge in [-0.15, -0.1) is 0 Å². The second-order valence-corrected chi connectivity index (χ2v) is 11.2. The Morgan fingerprint density at radius 1 is 1.07 bits per heavy atom. The molecule has 226 valence electrons. The van der Waals surface area contributed by atoms with Gasteiger partial charge in [0.15, 0.2) is 0 Å². The Hall–Kier alpha value is -4.81. The van der Waals surface area contributed by atoms with Crippen LogP contribution < -0.4 is 25.2 Å². The number of fused-ring (bicyclic) bond motifs is 2. The molecule has 5 rings (SSSR count). The zero-order valence-corrected chi connectivity index (χ0v) is 25.8. The summed E-state index contributed by atoms with van der Waals surface area (Å²) in [6.07, 6.45) is 0. The van der Waals surface area contributed by atoms with E-state index in [0.29, 0.717) is 17.1 Å². The highest BCUT2D eigenvalue weighted by atomic mass is 79.9. The van der Waals surface area contributed by atoms with Gasteiger partial charge >= 0.3 is 0 Å². The normalized spacial score (nSPS) is 15.4. The van der Waals surface area contributed by atoms with Gasteiger partial charge in [-0.25, -0.2) is 0 Å². The molecule has 4 aromatic rings. The van der Waals surface area contributed by atoms with E-state index in [1.807, 2.05) is 30.3 Å². The molecule has 1 heterocycles. The van der Waals surface area contributed by atoms with Crippen LogP contribution in [0.25, 0.3) is 10.8 Å². The van der Waals surface area contributed by atoms with Crippen LogP contribution in [0.4, 0.5) is 17.1 Å². The summed E-state index contributed by atoms with van der Waals surface area (Å²) in [6, 6.07) is 20.2. The highest BCUT2D eigenvalue weighted by Crippen LogP contribution is 2.38. The largest absolute Gasteiger partial charge is 0.496 e. The fraction of sp³-hybridized carbons (Fsp3) is 0.219. The maximum Gasteiger partial charge on any atom is 0.269 e. The summed E-state index contributed by atoms with van der Waals surface area (Å²) in [7, 11) is 3.20. The van der Waals surface area contributed by atoms with Gasteiger partial charge in [0, 0.05) is 27.7 Å². The van der Waals surface area contributed by atoms with Crippen molar-refractivity contribution in [3.8, 4) is 5.75 Å². The van der Waals surface area contributed by atoms with Crippen LogP contribution in [0, 0.1) is 10.1 Å². The molecule has 44 heavy (non-hydrogen) atoms. The Labute approximate surface area is 262 Å². The first-order valence-corrected chi connectivity index (χ1v) is 14.6. The number of likely N-dealkylation sites (N-methyl/N-ethyl adjacent to an activating group) is 1. The van der Waals surface area contributed by atoms with E-state index in [4.69, 9.17) is 4.74 Å². The minimum absolute atomic E-state index is 0.0888. The number of carbonyl (C=O) groups excluding carboxylic acids is 3. The van der Waals surface area contributed by atoms with Crippen molar-refractivity contribution in [1.29, 1.82) is 0 Å². The number of hydrogen-bond donors (Lipinski definition) is 2. The molecule has 0 spiro atoms. The second kappa shape index (κ2) is 12.8. The van der Waals surface area contributed by atoms with Gasteiger partial charge in [-0.3, -0.25) is 24.5 Å². The summed E-state index contributed by atoms with van der Waals surface area (Å²) in [5.74, 6) is -0.718. The third-order valence-corrected chi connectivity index (χ3v) is 8.19. The summed E-state index contributed by atoms with van der Waals surface area (Å²) in [4.78, 5) is 55.1. The minimum atomic E-state index is -1.11. The first-order valence-electron chi connectivity index (χ1n) is 13.8. The van der Waals surface area contributed by atoms with E-state index in [0.717, 1.165) is 20.8 Å². The molecule has 12 heteroatoms. The topological polar surface area (TPSA) is 134 Å². The molecule has 2 N–H and O–H groups in total. The molecule has 0 saturated heterocycles. The molecule has 0 radical (unpaired) electrons. The third-order valence-electron chi connectivity index (χ3n) is 7.69. The van der Waals surface area contributed by atoms with Crippen LogP contribution in [-0.2, 0) is 16.1 Å². The lowest BCUT2D eigenvalue weighted by atomic mass is 10.0.